The van der Waals surface area contributed by atoms with Gasteiger partial charge in [-0.25, -0.2) is 4.79 Å². The molecule has 0 bridgehead atoms. The maximum absolute atomic E-state index is 11.6. The van der Waals surface area contributed by atoms with Crippen LogP contribution in [-0.4, -0.2) is 18.3 Å². The lowest BCUT2D eigenvalue weighted by Gasteiger charge is -2.20. The Morgan fingerprint density at radius 1 is 1.05 bits per heavy atom. The molecule has 0 saturated heterocycles. The maximum Gasteiger partial charge on any atom is 0.319 e. The van der Waals surface area contributed by atoms with E-state index < -0.39 is 6.03 Å². The summed E-state index contributed by atoms with van der Waals surface area (Å²) < 4.78 is 0. The van der Waals surface area contributed by atoms with Crippen LogP contribution in [0.1, 0.15) is 11.1 Å². The van der Waals surface area contributed by atoms with Gasteiger partial charge in [0.05, 0.1) is 24.5 Å². The summed E-state index contributed by atoms with van der Waals surface area (Å²) in [5.41, 5.74) is 9.02. The van der Waals surface area contributed by atoms with Crippen LogP contribution in [0.3, 0.4) is 0 Å². The summed E-state index contributed by atoms with van der Waals surface area (Å²) in [6.07, 6.45) is 0. The van der Waals surface area contributed by atoms with Crippen molar-refractivity contribution >= 4 is 17.4 Å². The Morgan fingerprint density at radius 2 is 1.75 bits per heavy atom. The lowest BCUT2D eigenvalue weighted by atomic mass is 10.0. The minimum atomic E-state index is -0.474. The molecule has 2 amide bonds. The summed E-state index contributed by atoms with van der Waals surface area (Å²) in [5, 5.41) is 0. The molecular formula is C16H14N3O. The molecule has 0 aliphatic carbocycles. The number of amides is 2. The van der Waals surface area contributed by atoms with Gasteiger partial charge >= 0.3 is 6.03 Å². The highest BCUT2D eigenvalue weighted by Crippen LogP contribution is 2.26. The highest BCUT2D eigenvalue weighted by Gasteiger charge is 2.22. The van der Waals surface area contributed by atoms with E-state index in [1.54, 1.807) is 6.54 Å². The van der Waals surface area contributed by atoms with Crippen LogP contribution >= 0.6 is 0 Å². The first-order valence-corrected chi connectivity index (χ1v) is 6.38. The Hall–Kier alpha value is -2.62. The number of aliphatic imine (C=N–C) groups is 1. The number of fused-ring (bicyclic) bond motifs is 1. The van der Waals surface area contributed by atoms with E-state index in [4.69, 9.17) is 5.73 Å². The minimum Gasteiger partial charge on any atom is -0.351 e. The molecule has 1 heterocycles. The van der Waals surface area contributed by atoms with Gasteiger partial charge in [-0.15, -0.1) is 0 Å². The van der Waals surface area contributed by atoms with E-state index in [2.05, 4.69) is 4.99 Å². The molecule has 4 heteroatoms. The molecule has 0 saturated carbocycles. The quantitative estimate of drug-likeness (QED) is 0.845. The van der Waals surface area contributed by atoms with Crippen LogP contribution < -0.4 is 10.6 Å². The molecule has 2 N–H and O–H groups in total. The molecule has 2 aromatic rings. The average Bonchev–Trinajstić information content (AvgIpc) is 2.68. The third-order valence-corrected chi connectivity index (χ3v) is 3.25. The molecule has 1 radical (unpaired) electrons. The third kappa shape index (κ3) is 2.16. The first kappa shape index (κ1) is 12.4. The maximum atomic E-state index is 11.6. The number of nitrogens with zero attached hydrogens (tertiary/aromatic N) is 2. The molecule has 0 fully saturated rings. The first-order chi connectivity index (χ1) is 9.77. The van der Waals surface area contributed by atoms with Gasteiger partial charge in [-0.3, -0.25) is 9.89 Å². The van der Waals surface area contributed by atoms with Gasteiger partial charge in [-0.05, 0) is 6.07 Å². The van der Waals surface area contributed by atoms with E-state index in [0.29, 0.717) is 6.54 Å². The SMILES string of the molecule is NC(=O)N1C[CH]N=C(c2ccccc2)c2ccccc21. The third-order valence-electron chi connectivity index (χ3n) is 3.25. The zero-order valence-corrected chi connectivity index (χ0v) is 10.9. The molecule has 1 aliphatic heterocycles. The monoisotopic (exact) mass is 264 g/mol. The molecule has 0 spiro atoms. The minimum absolute atomic E-state index is 0.378. The number of anilines is 1. The van der Waals surface area contributed by atoms with E-state index in [9.17, 15) is 4.79 Å². The summed E-state index contributed by atoms with van der Waals surface area (Å²) in [7, 11) is 0. The van der Waals surface area contributed by atoms with Crippen molar-refractivity contribution in [1.82, 2.24) is 0 Å². The van der Waals surface area contributed by atoms with Crippen LogP contribution in [0.5, 0.6) is 0 Å². The van der Waals surface area contributed by atoms with Crippen LogP contribution in [0.4, 0.5) is 10.5 Å². The number of carbonyl (C=O) groups excluding carboxylic acids is 1. The highest BCUT2D eigenvalue weighted by molar-refractivity contribution is 6.17. The molecule has 1 aliphatic rings. The van der Waals surface area contributed by atoms with Crippen LogP contribution in [0, 0.1) is 6.54 Å². The fourth-order valence-electron chi connectivity index (χ4n) is 2.33. The van der Waals surface area contributed by atoms with Crippen molar-refractivity contribution in [2.45, 2.75) is 0 Å². The predicted molar refractivity (Wildman–Crippen MR) is 79.8 cm³/mol. The second-order valence-corrected chi connectivity index (χ2v) is 4.49. The second-order valence-electron chi connectivity index (χ2n) is 4.49. The van der Waals surface area contributed by atoms with E-state index in [1.165, 1.54) is 4.90 Å². The fourth-order valence-corrected chi connectivity index (χ4v) is 2.33. The fraction of sp³-hybridized carbons (Fsp3) is 0.0625. The molecule has 0 aromatic heterocycles. The Bertz CT molecular complexity index is 664. The van der Waals surface area contributed by atoms with Crippen molar-refractivity contribution in [2.75, 3.05) is 11.4 Å². The topological polar surface area (TPSA) is 58.7 Å². The number of carbonyl (C=O) groups is 1. The van der Waals surface area contributed by atoms with Gasteiger partial charge in [0, 0.05) is 11.1 Å². The molecule has 99 valence electrons. The van der Waals surface area contributed by atoms with Crippen molar-refractivity contribution in [1.29, 1.82) is 0 Å². The average molecular weight is 264 g/mol. The summed E-state index contributed by atoms with van der Waals surface area (Å²) >= 11 is 0. The van der Waals surface area contributed by atoms with Gasteiger partial charge in [-0.2, -0.15) is 0 Å². The standard InChI is InChI=1S/C16H14N3O/c17-16(20)19-11-10-18-15(12-6-2-1-3-7-12)13-8-4-5-9-14(13)19/h1-10H,11H2,(H2,17,20). The van der Waals surface area contributed by atoms with Crippen LogP contribution in [0.2, 0.25) is 0 Å². The largest absolute Gasteiger partial charge is 0.351 e. The number of hydrogen-bond acceptors (Lipinski definition) is 2. The van der Waals surface area contributed by atoms with Crippen LogP contribution in [-0.2, 0) is 0 Å². The predicted octanol–water partition coefficient (Wildman–Crippen LogP) is 2.58. The molecule has 0 atom stereocenters. The van der Waals surface area contributed by atoms with Crippen LogP contribution in [0.25, 0.3) is 0 Å². The normalized spacial score (nSPS) is 14.2. The molecule has 20 heavy (non-hydrogen) atoms. The number of nitrogens with two attached hydrogens (primary N) is 1. The summed E-state index contributed by atoms with van der Waals surface area (Å²) in [5.74, 6) is 0. The van der Waals surface area contributed by atoms with Crippen molar-refractivity contribution in [3.8, 4) is 0 Å². The number of hydrogen-bond donors (Lipinski definition) is 1. The van der Waals surface area contributed by atoms with Gasteiger partial charge in [0.2, 0.25) is 0 Å². The van der Waals surface area contributed by atoms with Gasteiger partial charge in [0.1, 0.15) is 0 Å². The first-order valence-electron chi connectivity index (χ1n) is 6.38. The number of benzodiazepines with no additional fused rings is 1. The number of para-hydroxylation sites is 1. The summed E-state index contributed by atoms with van der Waals surface area (Å²) in [6.45, 7) is 2.09. The van der Waals surface area contributed by atoms with Crippen molar-refractivity contribution in [2.24, 2.45) is 10.7 Å². The van der Waals surface area contributed by atoms with Gasteiger partial charge in [0.15, 0.2) is 0 Å². The number of urea groups is 1. The lowest BCUT2D eigenvalue weighted by Crippen LogP contribution is -2.36. The molecule has 3 rings (SSSR count). The Morgan fingerprint density at radius 3 is 2.50 bits per heavy atom. The molecule has 4 nitrogen and oxygen atoms in total. The summed E-state index contributed by atoms with van der Waals surface area (Å²) in [6, 6.07) is 17.1. The van der Waals surface area contributed by atoms with Crippen molar-refractivity contribution in [3.63, 3.8) is 0 Å². The zero-order valence-electron chi connectivity index (χ0n) is 10.9. The second kappa shape index (κ2) is 5.17. The van der Waals surface area contributed by atoms with E-state index >= 15 is 0 Å². The Labute approximate surface area is 117 Å². The molecule has 2 aromatic carbocycles. The van der Waals surface area contributed by atoms with E-state index in [0.717, 1.165) is 22.5 Å². The number of primary amides is 1. The lowest BCUT2D eigenvalue weighted by molar-refractivity contribution is 0.254. The smallest absolute Gasteiger partial charge is 0.319 e. The number of rotatable bonds is 1. The van der Waals surface area contributed by atoms with E-state index in [1.807, 2.05) is 54.6 Å². The highest BCUT2D eigenvalue weighted by atomic mass is 16.2. The Kier molecular flexibility index (Phi) is 3.21. The van der Waals surface area contributed by atoms with Gasteiger partial charge in [-0.1, -0.05) is 48.5 Å². The van der Waals surface area contributed by atoms with Crippen LogP contribution in [0.15, 0.2) is 59.6 Å². The van der Waals surface area contributed by atoms with Crippen molar-refractivity contribution < 1.29 is 4.79 Å². The van der Waals surface area contributed by atoms with Crippen molar-refractivity contribution in [3.05, 3.63) is 72.3 Å². The molecule has 0 unspecified atom stereocenters. The Balaban J connectivity index is 2.15. The molecular weight excluding hydrogens is 250 g/mol. The van der Waals surface area contributed by atoms with Gasteiger partial charge < -0.3 is 5.73 Å². The van der Waals surface area contributed by atoms with E-state index in [-0.39, 0.29) is 0 Å². The van der Waals surface area contributed by atoms with Gasteiger partial charge in [0.25, 0.3) is 0 Å². The number of benzene rings is 2. The zero-order chi connectivity index (χ0) is 13.9. The summed E-state index contributed by atoms with van der Waals surface area (Å²) in [4.78, 5) is 17.6.